The second-order valence-corrected chi connectivity index (χ2v) is 8.21. The number of halogens is 1. The molecule has 1 N–H and O–H groups in total. The highest BCUT2D eigenvalue weighted by atomic mass is 35.5. The van der Waals surface area contributed by atoms with Crippen LogP contribution in [-0.2, 0) is 11.3 Å². The standard InChI is InChI=1S/C26H22ClN3O5/c1-15-4-10-19-25(33)20(24(32)16-5-7-17(27)8-6-16)13-30(26(19)28-15)14-23(31)29-18-9-11-21(34-2)22(12-18)35-3/h4-13H,14H2,1-3H3,(H,29,31). The summed E-state index contributed by atoms with van der Waals surface area (Å²) in [6, 6.07) is 14.6. The van der Waals surface area contributed by atoms with Crippen molar-refractivity contribution in [2.75, 3.05) is 19.5 Å². The first-order valence-electron chi connectivity index (χ1n) is 10.6. The van der Waals surface area contributed by atoms with Gasteiger partial charge in [-0.25, -0.2) is 4.98 Å². The molecule has 2 aromatic carbocycles. The van der Waals surface area contributed by atoms with Crippen molar-refractivity contribution in [3.63, 3.8) is 0 Å². The van der Waals surface area contributed by atoms with E-state index >= 15 is 0 Å². The van der Waals surface area contributed by atoms with Gasteiger partial charge in [0, 0.05) is 34.2 Å². The molecule has 9 heteroatoms. The van der Waals surface area contributed by atoms with Gasteiger partial charge in [0.05, 0.1) is 25.2 Å². The maximum Gasteiger partial charge on any atom is 0.244 e. The highest BCUT2D eigenvalue weighted by Crippen LogP contribution is 2.29. The molecule has 8 nitrogen and oxygen atoms in total. The normalized spacial score (nSPS) is 10.7. The summed E-state index contributed by atoms with van der Waals surface area (Å²) in [5.41, 5.74) is 1.27. The summed E-state index contributed by atoms with van der Waals surface area (Å²) in [5, 5.41) is 3.52. The van der Waals surface area contributed by atoms with Crippen molar-refractivity contribution in [3.8, 4) is 11.5 Å². The van der Waals surface area contributed by atoms with Crippen LogP contribution in [0.4, 0.5) is 5.69 Å². The van der Waals surface area contributed by atoms with Crippen LogP contribution in [0.15, 0.2) is 65.6 Å². The second-order valence-electron chi connectivity index (χ2n) is 7.78. The second kappa shape index (κ2) is 9.99. The number of carbonyl (C=O) groups excluding carboxylic acids is 2. The number of nitrogens with zero attached hydrogens (tertiary/aromatic N) is 2. The van der Waals surface area contributed by atoms with Crippen molar-refractivity contribution in [1.29, 1.82) is 0 Å². The lowest BCUT2D eigenvalue weighted by atomic mass is 10.0. The van der Waals surface area contributed by atoms with Gasteiger partial charge in [0.15, 0.2) is 17.3 Å². The van der Waals surface area contributed by atoms with Gasteiger partial charge >= 0.3 is 0 Å². The van der Waals surface area contributed by atoms with E-state index in [9.17, 15) is 14.4 Å². The number of aryl methyl sites for hydroxylation is 1. The largest absolute Gasteiger partial charge is 0.493 e. The van der Waals surface area contributed by atoms with Crippen LogP contribution in [0.2, 0.25) is 5.02 Å². The van der Waals surface area contributed by atoms with E-state index in [4.69, 9.17) is 21.1 Å². The van der Waals surface area contributed by atoms with Gasteiger partial charge in [-0.1, -0.05) is 11.6 Å². The van der Waals surface area contributed by atoms with E-state index in [0.717, 1.165) is 0 Å². The minimum absolute atomic E-state index is 0.0654. The lowest BCUT2D eigenvalue weighted by Crippen LogP contribution is -2.25. The van der Waals surface area contributed by atoms with E-state index in [0.29, 0.717) is 39.1 Å². The van der Waals surface area contributed by atoms with Gasteiger partial charge in [0.1, 0.15) is 12.2 Å². The molecule has 0 bridgehead atoms. The Morgan fingerprint density at radius 1 is 1.00 bits per heavy atom. The lowest BCUT2D eigenvalue weighted by molar-refractivity contribution is -0.116. The van der Waals surface area contributed by atoms with Crippen molar-refractivity contribution in [3.05, 3.63) is 92.9 Å². The summed E-state index contributed by atoms with van der Waals surface area (Å²) >= 11 is 5.93. The summed E-state index contributed by atoms with van der Waals surface area (Å²) in [6.45, 7) is 1.60. The fourth-order valence-corrected chi connectivity index (χ4v) is 3.79. The molecule has 178 valence electrons. The number of hydrogen-bond donors (Lipinski definition) is 1. The summed E-state index contributed by atoms with van der Waals surface area (Å²) in [5.74, 6) is 0.146. The number of anilines is 1. The van der Waals surface area contributed by atoms with Crippen molar-refractivity contribution >= 4 is 40.0 Å². The third-order valence-corrected chi connectivity index (χ3v) is 5.64. The van der Waals surface area contributed by atoms with Crippen LogP contribution in [0.1, 0.15) is 21.6 Å². The molecular weight excluding hydrogens is 470 g/mol. The number of nitrogens with one attached hydrogen (secondary N) is 1. The van der Waals surface area contributed by atoms with E-state index in [1.807, 2.05) is 0 Å². The molecule has 4 rings (SSSR count). The summed E-state index contributed by atoms with van der Waals surface area (Å²) in [6.07, 6.45) is 1.38. The highest BCUT2D eigenvalue weighted by molar-refractivity contribution is 6.30. The number of ketones is 1. The number of fused-ring (bicyclic) bond motifs is 1. The van der Waals surface area contributed by atoms with Crippen molar-refractivity contribution in [2.24, 2.45) is 0 Å². The first kappa shape index (κ1) is 24.0. The van der Waals surface area contributed by atoms with E-state index in [1.54, 1.807) is 61.5 Å². The van der Waals surface area contributed by atoms with Gasteiger partial charge in [0.2, 0.25) is 11.3 Å². The van der Waals surface area contributed by atoms with Gasteiger partial charge in [-0.2, -0.15) is 0 Å². The van der Waals surface area contributed by atoms with Crippen LogP contribution in [0, 0.1) is 6.92 Å². The molecule has 0 aliphatic rings. The van der Waals surface area contributed by atoms with Crippen LogP contribution in [0.5, 0.6) is 11.5 Å². The Hall–Kier alpha value is -4.17. The monoisotopic (exact) mass is 491 g/mol. The minimum atomic E-state index is -0.469. The number of amides is 1. The van der Waals surface area contributed by atoms with Gasteiger partial charge in [-0.05, 0) is 55.5 Å². The Labute approximate surface area is 206 Å². The average Bonchev–Trinajstić information content (AvgIpc) is 2.85. The van der Waals surface area contributed by atoms with E-state index in [-0.39, 0.29) is 23.4 Å². The maximum absolute atomic E-state index is 13.2. The van der Waals surface area contributed by atoms with Crippen LogP contribution in [-0.4, -0.2) is 35.5 Å². The molecule has 4 aromatic rings. The van der Waals surface area contributed by atoms with Crippen molar-refractivity contribution < 1.29 is 19.1 Å². The summed E-state index contributed by atoms with van der Waals surface area (Å²) in [4.78, 5) is 43.7. The highest BCUT2D eigenvalue weighted by Gasteiger charge is 2.19. The summed E-state index contributed by atoms with van der Waals surface area (Å²) < 4.78 is 12.0. The first-order valence-corrected chi connectivity index (χ1v) is 11.0. The summed E-state index contributed by atoms with van der Waals surface area (Å²) in [7, 11) is 3.03. The number of carbonyl (C=O) groups is 2. The van der Waals surface area contributed by atoms with Gasteiger partial charge in [0.25, 0.3) is 0 Å². The first-order chi connectivity index (χ1) is 16.8. The van der Waals surface area contributed by atoms with Crippen LogP contribution < -0.4 is 20.2 Å². The van der Waals surface area contributed by atoms with Gasteiger partial charge in [-0.3, -0.25) is 14.4 Å². The Balaban J connectivity index is 1.72. The van der Waals surface area contributed by atoms with E-state index < -0.39 is 11.2 Å². The third kappa shape index (κ3) is 5.02. The quantitative estimate of drug-likeness (QED) is 0.388. The van der Waals surface area contributed by atoms with Crippen LogP contribution >= 0.6 is 11.6 Å². The van der Waals surface area contributed by atoms with E-state index in [1.165, 1.54) is 25.0 Å². The molecule has 0 aliphatic carbocycles. The predicted molar refractivity (Wildman–Crippen MR) is 134 cm³/mol. The molecule has 0 saturated carbocycles. The topological polar surface area (TPSA) is 99.5 Å². The Bertz CT molecular complexity index is 1500. The van der Waals surface area contributed by atoms with Crippen molar-refractivity contribution in [1.82, 2.24) is 9.55 Å². The minimum Gasteiger partial charge on any atom is -0.493 e. The smallest absolute Gasteiger partial charge is 0.244 e. The number of ether oxygens (including phenoxy) is 2. The fraction of sp³-hybridized carbons (Fsp3) is 0.154. The molecular formula is C26H22ClN3O5. The SMILES string of the molecule is COc1ccc(NC(=O)Cn2cc(C(=O)c3ccc(Cl)cc3)c(=O)c3ccc(C)nc32)cc1OC. The zero-order chi connectivity index (χ0) is 25.1. The maximum atomic E-state index is 13.2. The van der Waals surface area contributed by atoms with Crippen molar-refractivity contribution in [2.45, 2.75) is 13.5 Å². The predicted octanol–water partition coefficient (Wildman–Crippen LogP) is 4.25. The number of methoxy groups -OCH3 is 2. The van der Waals surface area contributed by atoms with Gasteiger partial charge in [-0.15, -0.1) is 0 Å². The van der Waals surface area contributed by atoms with Crippen LogP contribution in [0.3, 0.4) is 0 Å². The van der Waals surface area contributed by atoms with Crippen LogP contribution in [0.25, 0.3) is 11.0 Å². The molecule has 0 aliphatic heterocycles. The number of benzene rings is 2. The Kier molecular flexibility index (Phi) is 6.84. The molecule has 2 heterocycles. The molecule has 35 heavy (non-hydrogen) atoms. The zero-order valence-electron chi connectivity index (χ0n) is 19.3. The Morgan fingerprint density at radius 3 is 2.40 bits per heavy atom. The molecule has 0 radical (unpaired) electrons. The number of rotatable bonds is 7. The molecule has 0 unspecified atom stereocenters. The number of pyridine rings is 2. The Morgan fingerprint density at radius 2 is 1.71 bits per heavy atom. The molecule has 2 aromatic heterocycles. The lowest BCUT2D eigenvalue weighted by Gasteiger charge is -2.14. The molecule has 0 fully saturated rings. The molecule has 0 spiro atoms. The zero-order valence-corrected chi connectivity index (χ0v) is 20.1. The number of hydrogen-bond acceptors (Lipinski definition) is 6. The molecule has 0 atom stereocenters. The average molecular weight is 492 g/mol. The third-order valence-electron chi connectivity index (χ3n) is 5.39. The molecule has 0 saturated heterocycles. The van der Waals surface area contributed by atoms with E-state index in [2.05, 4.69) is 10.3 Å². The fourth-order valence-electron chi connectivity index (χ4n) is 3.67. The molecule has 1 amide bonds. The van der Waals surface area contributed by atoms with Gasteiger partial charge < -0.3 is 19.4 Å². The number of aromatic nitrogens is 2.